The van der Waals surface area contributed by atoms with Crippen molar-refractivity contribution in [3.05, 3.63) is 53.0 Å². The first-order valence-corrected chi connectivity index (χ1v) is 9.17. The van der Waals surface area contributed by atoms with Crippen molar-refractivity contribution in [1.29, 1.82) is 0 Å². The summed E-state index contributed by atoms with van der Waals surface area (Å²) in [5.74, 6) is -0.170. The molecule has 0 saturated heterocycles. The average Bonchev–Trinajstić information content (AvgIpc) is 3.01. The van der Waals surface area contributed by atoms with Gasteiger partial charge < -0.3 is 13.8 Å². The fraction of sp³-hybridized carbons (Fsp3) is 0.0909. The van der Waals surface area contributed by atoms with Crippen LogP contribution in [0.25, 0.3) is 0 Å². The van der Waals surface area contributed by atoms with E-state index in [1.54, 1.807) is 0 Å². The van der Waals surface area contributed by atoms with Crippen molar-refractivity contribution in [2.24, 2.45) is 0 Å². The van der Waals surface area contributed by atoms with Crippen LogP contribution in [0.1, 0.15) is 0 Å². The van der Waals surface area contributed by atoms with Crippen LogP contribution in [0.2, 0.25) is 0 Å². The fourth-order valence-electron chi connectivity index (χ4n) is 1.47. The van der Waals surface area contributed by atoms with E-state index < -0.39 is 28.8 Å². The first kappa shape index (κ1) is 20.8. The van der Waals surface area contributed by atoms with Crippen LogP contribution < -0.4 is 43.7 Å². The van der Waals surface area contributed by atoms with Gasteiger partial charge in [-0.15, -0.1) is 0 Å². The monoisotopic (exact) mass is 384 g/mol. The van der Waals surface area contributed by atoms with E-state index in [1.165, 1.54) is 0 Å². The van der Waals surface area contributed by atoms with E-state index in [1.807, 2.05) is 4.72 Å². The van der Waals surface area contributed by atoms with E-state index >= 15 is 0 Å². The maximum Gasteiger partial charge on any atom is 1.00 e. The maximum atomic E-state index is 11.8. The minimum absolute atomic E-state index is 0. The van der Waals surface area contributed by atoms with Gasteiger partial charge in [-0.25, -0.2) is 13.1 Å². The summed E-state index contributed by atoms with van der Waals surface area (Å²) in [5.41, 5.74) is -0.237. The van der Waals surface area contributed by atoms with Gasteiger partial charge in [0.15, 0.2) is 7.60 Å². The van der Waals surface area contributed by atoms with Gasteiger partial charge in [0.1, 0.15) is 16.9 Å². The molecule has 0 aliphatic carbocycles. The van der Waals surface area contributed by atoms with E-state index in [0.717, 1.165) is 42.9 Å². The Hall–Kier alpha value is -1.20. The van der Waals surface area contributed by atoms with Gasteiger partial charge in [-0.1, -0.05) is 0 Å². The fourth-order valence-corrected chi connectivity index (χ4v) is 3.88. The van der Waals surface area contributed by atoms with Crippen molar-refractivity contribution < 1.29 is 61.3 Å². The summed E-state index contributed by atoms with van der Waals surface area (Å²) in [6.45, 7) is 0. The van der Waals surface area contributed by atoms with E-state index in [9.17, 15) is 28.0 Å². The summed E-state index contributed by atoms with van der Waals surface area (Å²) in [5, 5.41) is 10.5. The van der Waals surface area contributed by atoms with Crippen molar-refractivity contribution in [2.75, 3.05) is 6.29 Å². The summed E-state index contributed by atoms with van der Waals surface area (Å²) >= 11 is 0. The molecule has 1 heterocycles. The molecule has 0 radical (unpaired) electrons. The normalized spacial score (nSPS) is 13.5. The Bertz CT molecular complexity index is 837. The number of nitro groups is 1. The van der Waals surface area contributed by atoms with Gasteiger partial charge >= 0.3 is 29.6 Å². The van der Waals surface area contributed by atoms with E-state index in [-0.39, 0.29) is 45.9 Å². The van der Waals surface area contributed by atoms with Crippen LogP contribution in [0.4, 0.5) is 5.69 Å². The zero-order valence-electron chi connectivity index (χ0n) is 12.3. The average molecular weight is 384 g/mol. The Balaban J connectivity index is 0.00000288. The third-order valence-electron chi connectivity index (χ3n) is 2.55. The molecule has 0 aliphatic rings. The standard InChI is InChI=1S/C11H11N2O8PS.Na/c14-13(15)9-1-3-10(4-2-9)21-22(16,17)8-12-23(18,19)11-5-6-20-7-11;/h1-7,12H,8H2,(H,16,17);/q;+1/p-1. The number of benzene rings is 1. The number of sulfonamides is 1. The largest absolute Gasteiger partial charge is 1.00 e. The third kappa shape index (κ3) is 5.71. The topological polar surface area (TPSA) is 152 Å². The summed E-state index contributed by atoms with van der Waals surface area (Å²) in [7, 11) is -8.64. The van der Waals surface area contributed by atoms with Gasteiger partial charge in [0, 0.05) is 12.1 Å². The Morgan fingerprint density at radius 3 is 2.38 bits per heavy atom. The van der Waals surface area contributed by atoms with Crippen molar-refractivity contribution in [2.45, 2.75) is 4.90 Å². The Morgan fingerprint density at radius 2 is 1.88 bits per heavy atom. The van der Waals surface area contributed by atoms with E-state index in [0.29, 0.717) is 0 Å². The summed E-state index contributed by atoms with van der Waals surface area (Å²) < 4.78 is 46.4. The number of nitrogens with one attached hydrogen (secondary N) is 1. The molecule has 0 fully saturated rings. The van der Waals surface area contributed by atoms with Crippen LogP contribution in [0.5, 0.6) is 5.75 Å². The van der Waals surface area contributed by atoms with Crippen LogP contribution in [0.15, 0.2) is 52.2 Å². The molecule has 1 atom stereocenters. The molecule has 0 amide bonds. The van der Waals surface area contributed by atoms with Crippen molar-refractivity contribution in [3.8, 4) is 5.75 Å². The number of nitro benzene ring substituents is 1. The molecule has 1 unspecified atom stereocenters. The quantitative estimate of drug-likeness (QED) is 0.251. The molecule has 1 aromatic carbocycles. The smallest absolute Gasteiger partial charge is 0.768 e. The number of rotatable bonds is 7. The maximum absolute atomic E-state index is 11.8. The second-order valence-electron chi connectivity index (χ2n) is 4.22. The number of hydrogen-bond acceptors (Lipinski definition) is 8. The van der Waals surface area contributed by atoms with Crippen LogP contribution in [0.3, 0.4) is 0 Å². The predicted octanol–water partition coefficient (Wildman–Crippen LogP) is -1.94. The third-order valence-corrected chi connectivity index (χ3v) is 5.17. The first-order valence-electron chi connectivity index (χ1n) is 5.96. The minimum Gasteiger partial charge on any atom is -0.768 e. The molecule has 0 spiro atoms. The van der Waals surface area contributed by atoms with Crippen LogP contribution in [-0.2, 0) is 14.6 Å². The van der Waals surface area contributed by atoms with Gasteiger partial charge in [-0.3, -0.25) is 14.7 Å². The zero-order valence-corrected chi connectivity index (χ0v) is 16.0. The van der Waals surface area contributed by atoms with E-state index in [4.69, 9.17) is 0 Å². The molecule has 1 aromatic heterocycles. The van der Waals surface area contributed by atoms with Crippen molar-refractivity contribution in [1.82, 2.24) is 4.72 Å². The van der Waals surface area contributed by atoms with Gasteiger partial charge in [0.2, 0.25) is 10.0 Å². The second-order valence-corrected chi connectivity index (χ2v) is 7.71. The molecule has 0 aliphatic heterocycles. The molecule has 2 rings (SSSR count). The van der Waals surface area contributed by atoms with Gasteiger partial charge in [-0.05, 0) is 18.2 Å². The van der Waals surface area contributed by atoms with E-state index in [2.05, 4.69) is 8.94 Å². The van der Waals surface area contributed by atoms with Crippen molar-refractivity contribution >= 4 is 23.3 Å². The molecule has 13 heteroatoms. The number of hydrogen-bond donors (Lipinski definition) is 1. The zero-order chi connectivity index (χ0) is 17.1. The Kier molecular flexibility index (Phi) is 7.17. The first-order chi connectivity index (χ1) is 10.7. The summed E-state index contributed by atoms with van der Waals surface area (Å²) in [6, 6.07) is 5.45. The second kappa shape index (κ2) is 8.26. The molecular formula is C11H10N2NaO8PS. The number of non-ortho nitro benzene ring substituents is 1. The molecule has 24 heavy (non-hydrogen) atoms. The minimum atomic E-state index is -4.59. The summed E-state index contributed by atoms with van der Waals surface area (Å²) in [6.07, 6.45) is 1.07. The van der Waals surface area contributed by atoms with Crippen LogP contribution in [-0.4, -0.2) is 19.6 Å². The molecule has 1 N–H and O–H groups in total. The molecular weight excluding hydrogens is 374 g/mol. The van der Waals surface area contributed by atoms with Gasteiger partial charge in [0.05, 0.1) is 17.5 Å². The molecule has 0 saturated carbocycles. The van der Waals surface area contributed by atoms with Gasteiger partial charge in [-0.2, -0.15) is 0 Å². The molecule has 2 aromatic rings. The Labute approximate surface area is 158 Å². The van der Waals surface area contributed by atoms with Crippen molar-refractivity contribution in [3.63, 3.8) is 0 Å². The number of furan rings is 1. The molecule has 0 bridgehead atoms. The van der Waals surface area contributed by atoms with Crippen LogP contribution >= 0.6 is 7.60 Å². The molecule has 10 nitrogen and oxygen atoms in total. The number of nitrogens with zero attached hydrogens (tertiary/aromatic N) is 1. The predicted molar refractivity (Wildman–Crippen MR) is 75.2 cm³/mol. The molecule has 124 valence electrons. The SMILES string of the molecule is O=[N+]([O-])c1ccc(OP(=O)([O-])CNS(=O)(=O)c2ccoc2)cc1.[Na+]. The van der Waals surface area contributed by atoms with Crippen LogP contribution in [0, 0.1) is 10.1 Å². The Morgan fingerprint density at radius 1 is 1.25 bits per heavy atom. The summed E-state index contributed by atoms with van der Waals surface area (Å²) in [4.78, 5) is 21.4. The van der Waals surface area contributed by atoms with Gasteiger partial charge in [0.25, 0.3) is 5.69 Å².